The first-order valence-corrected chi connectivity index (χ1v) is 10.1. The maximum absolute atomic E-state index is 12.6. The summed E-state index contributed by atoms with van der Waals surface area (Å²) < 4.78 is 0. The summed E-state index contributed by atoms with van der Waals surface area (Å²) >= 11 is 0. The van der Waals surface area contributed by atoms with Crippen LogP contribution in [0, 0.1) is 5.92 Å². The number of hydrogen-bond acceptors (Lipinski definition) is 6. The molecule has 0 unspecified atom stereocenters. The molecule has 2 aromatic rings. The van der Waals surface area contributed by atoms with Crippen molar-refractivity contribution >= 4 is 22.8 Å². The molecular formula is C20H28N6O. The van der Waals surface area contributed by atoms with Gasteiger partial charge >= 0.3 is 0 Å². The molecule has 2 aromatic heterocycles. The second-order valence-corrected chi connectivity index (χ2v) is 7.57. The van der Waals surface area contributed by atoms with Crippen molar-refractivity contribution in [1.29, 1.82) is 0 Å². The lowest BCUT2D eigenvalue weighted by Crippen LogP contribution is -2.43. The molecule has 7 heteroatoms. The number of rotatable bonds is 6. The Hall–Kier alpha value is -2.28. The molecule has 0 radical (unpaired) electrons. The van der Waals surface area contributed by atoms with Crippen molar-refractivity contribution in [2.45, 2.75) is 32.1 Å². The molecule has 144 valence electrons. The van der Waals surface area contributed by atoms with E-state index in [0.717, 1.165) is 56.6 Å². The average Bonchev–Trinajstić information content (AvgIpc) is 3.24. The highest BCUT2D eigenvalue weighted by atomic mass is 16.1. The molecule has 0 aliphatic carbocycles. The number of hydrogen-bond donors (Lipinski definition) is 1. The van der Waals surface area contributed by atoms with Gasteiger partial charge in [0.25, 0.3) is 0 Å². The molecule has 1 amide bonds. The van der Waals surface area contributed by atoms with Gasteiger partial charge in [0.15, 0.2) is 5.65 Å². The molecule has 0 saturated carbocycles. The van der Waals surface area contributed by atoms with Crippen LogP contribution in [-0.4, -0.2) is 65.0 Å². The summed E-state index contributed by atoms with van der Waals surface area (Å²) in [6.07, 6.45) is 10.8. The Morgan fingerprint density at radius 1 is 1.11 bits per heavy atom. The highest BCUT2D eigenvalue weighted by Gasteiger charge is 2.26. The normalized spacial score (nSPS) is 20.9. The zero-order valence-electron chi connectivity index (χ0n) is 15.8. The van der Waals surface area contributed by atoms with Crippen LogP contribution in [0.5, 0.6) is 0 Å². The quantitative estimate of drug-likeness (QED) is 0.785. The van der Waals surface area contributed by atoms with Crippen LogP contribution in [0.4, 0.5) is 5.69 Å². The number of fused-ring (bicyclic) bond motifs is 1. The van der Waals surface area contributed by atoms with Crippen molar-refractivity contribution in [3.8, 4) is 0 Å². The van der Waals surface area contributed by atoms with E-state index < -0.39 is 0 Å². The summed E-state index contributed by atoms with van der Waals surface area (Å²) in [6, 6.07) is 2.02. The molecule has 7 nitrogen and oxygen atoms in total. The topological polar surface area (TPSA) is 74.2 Å². The Labute approximate surface area is 160 Å². The summed E-state index contributed by atoms with van der Waals surface area (Å²) in [4.78, 5) is 30.3. The van der Waals surface area contributed by atoms with E-state index in [0.29, 0.717) is 5.65 Å². The van der Waals surface area contributed by atoms with E-state index >= 15 is 0 Å². The second kappa shape index (κ2) is 8.61. The summed E-state index contributed by atoms with van der Waals surface area (Å²) in [5.41, 5.74) is 2.48. The maximum Gasteiger partial charge on any atom is 0.224 e. The van der Waals surface area contributed by atoms with Gasteiger partial charge in [0.2, 0.25) is 5.91 Å². The predicted octanol–water partition coefficient (Wildman–Crippen LogP) is 1.84. The molecular weight excluding hydrogens is 340 g/mol. The standard InChI is InChI=1S/C20H28N6O/c27-20(23-6-4-11-25-9-1-2-10-25)16-5-3-12-26(15-16)17-13-18-19(24-14-17)22-8-7-21-18/h7-8,13-14,16H,1-6,9-12,15H2,(H,23,27)/t16-/m1/s1. The van der Waals surface area contributed by atoms with Crippen LogP contribution in [0.15, 0.2) is 24.7 Å². The Balaban J connectivity index is 1.29. The summed E-state index contributed by atoms with van der Waals surface area (Å²) in [5, 5.41) is 3.15. The lowest BCUT2D eigenvalue weighted by atomic mass is 9.96. The Bertz CT molecular complexity index is 776. The van der Waals surface area contributed by atoms with Gasteiger partial charge in [0.1, 0.15) is 5.52 Å². The number of pyridine rings is 1. The minimum absolute atomic E-state index is 0.0445. The van der Waals surface area contributed by atoms with Gasteiger partial charge in [-0.3, -0.25) is 9.78 Å². The largest absolute Gasteiger partial charge is 0.369 e. The van der Waals surface area contributed by atoms with E-state index in [1.807, 2.05) is 12.3 Å². The van der Waals surface area contributed by atoms with Gasteiger partial charge in [0, 0.05) is 32.0 Å². The van der Waals surface area contributed by atoms with Crippen LogP contribution in [0.25, 0.3) is 11.2 Å². The van der Waals surface area contributed by atoms with Crippen LogP contribution >= 0.6 is 0 Å². The minimum Gasteiger partial charge on any atom is -0.369 e. The third kappa shape index (κ3) is 4.53. The van der Waals surface area contributed by atoms with E-state index in [1.54, 1.807) is 12.4 Å². The number of piperidine rings is 1. The fraction of sp³-hybridized carbons (Fsp3) is 0.600. The Kier molecular flexibility index (Phi) is 5.77. The first kappa shape index (κ1) is 18.1. The van der Waals surface area contributed by atoms with Gasteiger partial charge in [-0.1, -0.05) is 0 Å². The molecule has 2 aliphatic heterocycles. The molecule has 0 spiro atoms. The molecule has 1 N–H and O–H groups in total. The molecule has 2 saturated heterocycles. The Morgan fingerprint density at radius 3 is 2.85 bits per heavy atom. The van der Waals surface area contributed by atoms with E-state index in [1.165, 1.54) is 25.9 Å². The summed E-state index contributed by atoms with van der Waals surface area (Å²) in [5.74, 6) is 0.234. The van der Waals surface area contributed by atoms with Crippen LogP contribution in [0.3, 0.4) is 0 Å². The Morgan fingerprint density at radius 2 is 1.96 bits per heavy atom. The van der Waals surface area contributed by atoms with E-state index in [4.69, 9.17) is 0 Å². The highest BCUT2D eigenvalue weighted by Crippen LogP contribution is 2.24. The van der Waals surface area contributed by atoms with Gasteiger partial charge in [-0.2, -0.15) is 0 Å². The second-order valence-electron chi connectivity index (χ2n) is 7.57. The lowest BCUT2D eigenvalue weighted by molar-refractivity contribution is -0.125. The molecule has 2 fully saturated rings. The number of nitrogens with one attached hydrogen (secondary N) is 1. The number of carbonyl (C=O) groups excluding carboxylic acids is 1. The monoisotopic (exact) mass is 368 g/mol. The van der Waals surface area contributed by atoms with E-state index in [2.05, 4.69) is 30.1 Å². The maximum atomic E-state index is 12.6. The predicted molar refractivity (Wildman–Crippen MR) is 106 cm³/mol. The SMILES string of the molecule is O=C(NCCCN1CCCC1)[C@@H]1CCCN(c2cnc3nccnc3c2)C1. The lowest BCUT2D eigenvalue weighted by Gasteiger charge is -2.33. The van der Waals surface area contributed by atoms with E-state index in [-0.39, 0.29) is 11.8 Å². The highest BCUT2D eigenvalue weighted by molar-refractivity contribution is 5.80. The van der Waals surface area contributed by atoms with Crippen LogP contribution in [-0.2, 0) is 4.79 Å². The molecule has 0 bridgehead atoms. The van der Waals surface area contributed by atoms with Gasteiger partial charge < -0.3 is 15.1 Å². The number of carbonyl (C=O) groups is 1. The van der Waals surface area contributed by atoms with E-state index in [9.17, 15) is 4.79 Å². The minimum atomic E-state index is 0.0445. The zero-order chi connectivity index (χ0) is 18.5. The zero-order valence-corrected chi connectivity index (χ0v) is 15.8. The number of anilines is 1. The van der Waals surface area contributed by atoms with Gasteiger partial charge in [-0.05, 0) is 57.8 Å². The third-order valence-corrected chi connectivity index (χ3v) is 5.62. The van der Waals surface area contributed by atoms with Crippen LogP contribution < -0.4 is 10.2 Å². The molecule has 4 heterocycles. The van der Waals surface area contributed by atoms with Crippen molar-refractivity contribution in [3.63, 3.8) is 0 Å². The van der Waals surface area contributed by atoms with Crippen molar-refractivity contribution in [3.05, 3.63) is 24.7 Å². The number of amides is 1. The number of aromatic nitrogens is 3. The molecule has 27 heavy (non-hydrogen) atoms. The first-order valence-electron chi connectivity index (χ1n) is 10.1. The molecule has 4 rings (SSSR count). The van der Waals surface area contributed by atoms with Gasteiger partial charge in [0.05, 0.1) is 17.8 Å². The summed E-state index contributed by atoms with van der Waals surface area (Å²) in [7, 11) is 0. The van der Waals surface area contributed by atoms with Crippen molar-refractivity contribution in [2.24, 2.45) is 5.92 Å². The van der Waals surface area contributed by atoms with Gasteiger partial charge in [-0.25, -0.2) is 9.97 Å². The molecule has 0 aromatic carbocycles. The third-order valence-electron chi connectivity index (χ3n) is 5.62. The van der Waals surface area contributed by atoms with Crippen molar-refractivity contribution in [2.75, 3.05) is 44.2 Å². The first-order chi connectivity index (χ1) is 13.3. The fourth-order valence-corrected chi connectivity index (χ4v) is 4.11. The van der Waals surface area contributed by atoms with Crippen molar-refractivity contribution in [1.82, 2.24) is 25.2 Å². The molecule has 2 aliphatic rings. The summed E-state index contributed by atoms with van der Waals surface area (Å²) in [6.45, 7) is 6.00. The number of likely N-dealkylation sites (tertiary alicyclic amines) is 1. The number of nitrogens with zero attached hydrogens (tertiary/aromatic N) is 5. The van der Waals surface area contributed by atoms with Crippen LogP contribution in [0.1, 0.15) is 32.1 Å². The fourth-order valence-electron chi connectivity index (χ4n) is 4.11. The van der Waals surface area contributed by atoms with Crippen molar-refractivity contribution < 1.29 is 4.79 Å². The van der Waals surface area contributed by atoms with Gasteiger partial charge in [-0.15, -0.1) is 0 Å². The molecule has 1 atom stereocenters. The van der Waals surface area contributed by atoms with Crippen LogP contribution in [0.2, 0.25) is 0 Å². The smallest absolute Gasteiger partial charge is 0.224 e. The average molecular weight is 368 g/mol.